The van der Waals surface area contributed by atoms with Gasteiger partial charge in [0.2, 0.25) is 0 Å². The highest BCUT2D eigenvalue weighted by Crippen LogP contribution is 2.58. The van der Waals surface area contributed by atoms with E-state index in [-0.39, 0.29) is 17.3 Å². The lowest BCUT2D eigenvalue weighted by Crippen LogP contribution is -2.54. The molecule has 0 aromatic heterocycles. The molecule has 3 atom stereocenters. The Bertz CT molecular complexity index is 366. The molecule has 0 aromatic carbocycles. The van der Waals surface area contributed by atoms with E-state index in [1.165, 1.54) is 12.5 Å². The molecule has 0 spiro atoms. The van der Waals surface area contributed by atoms with Gasteiger partial charge >= 0.3 is 5.97 Å². The van der Waals surface area contributed by atoms with Gasteiger partial charge in [0.1, 0.15) is 0 Å². The number of allylic oxidation sites excluding steroid dienone is 1. The van der Waals surface area contributed by atoms with E-state index in [1.807, 2.05) is 13.8 Å². The fourth-order valence-electron chi connectivity index (χ4n) is 3.97. The van der Waals surface area contributed by atoms with Crippen molar-refractivity contribution in [2.75, 3.05) is 6.61 Å². The molecule has 0 radical (unpaired) electrons. The van der Waals surface area contributed by atoms with Gasteiger partial charge in [-0.15, -0.1) is 0 Å². The second kappa shape index (κ2) is 4.37. The summed E-state index contributed by atoms with van der Waals surface area (Å²) < 4.78 is 5.28. The quantitative estimate of drug-likeness (QED) is 0.620. The van der Waals surface area contributed by atoms with Crippen LogP contribution in [0, 0.1) is 17.3 Å². The molecular weight excluding hydrogens is 228 g/mol. The Morgan fingerprint density at radius 1 is 1.61 bits per heavy atom. The van der Waals surface area contributed by atoms with Crippen LogP contribution in [0.5, 0.6) is 0 Å². The zero-order chi connectivity index (χ0) is 13.6. The van der Waals surface area contributed by atoms with Gasteiger partial charge in [0, 0.05) is 12.3 Å². The zero-order valence-electron chi connectivity index (χ0n) is 11.7. The molecule has 0 aromatic rings. The second-order valence-corrected chi connectivity index (χ2v) is 6.66. The van der Waals surface area contributed by atoms with Crippen LogP contribution in [0.4, 0.5) is 0 Å². The van der Waals surface area contributed by atoms with Crippen molar-refractivity contribution in [2.24, 2.45) is 17.3 Å². The third-order valence-corrected chi connectivity index (χ3v) is 4.82. The van der Waals surface area contributed by atoms with Crippen molar-refractivity contribution in [3.8, 4) is 0 Å². The van der Waals surface area contributed by atoms with Crippen LogP contribution in [-0.4, -0.2) is 23.3 Å². The minimum atomic E-state index is -0.723. The summed E-state index contributed by atoms with van der Waals surface area (Å²) >= 11 is 0. The lowest BCUT2D eigenvalue weighted by atomic mass is 9.50. The standard InChI is InChI=1S/C15H24O3/c1-10-8-15(9-18-11(2)16)6-5-12(10)7-13(15)14(3,4)17/h12-13,17H,1,5-9H2,2-4H3/t12-,13-,15-/m0/s1. The Balaban J connectivity index is 2.24. The van der Waals surface area contributed by atoms with Gasteiger partial charge in [-0.05, 0) is 51.4 Å². The fourth-order valence-corrected chi connectivity index (χ4v) is 3.97. The molecule has 3 nitrogen and oxygen atoms in total. The summed E-state index contributed by atoms with van der Waals surface area (Å²) in [6.07, 6.45) is 4.01. The Kier molecular flexibility index (Phi) is 3.30. The van der Waals surface area contributed by atoms with E-state index in [1.54, 1.807) is 0 Å². The maximum Gasteiger partial charge on any atom is 0.302 e. The summed E-state index contributed by atoms with van der Waals surface area (Å²) in [5, 5.41) is 10.4. The number of hydrogen-bond donors (Lipinski definition) is 1. The van der Waals surface area contributed by atoms with Gasteiger partial charge in [-0.2, -0.15) is 0 Å². The molecule has 18 heavy (non-hydrogen) atoms. The van der Waals surface area contributed by atoms with Crippen LogP contribution in [0.3, 0.4) is 0 Å². The number of rotatable bonds is 3. The SMILES string of the molecule is C=C1C[C@]2(COC(C)=O)CC[C@H]1C[C@H]2C(C)(C)O. The van der Waals surface area contributed by atoms with Crippen molar-refractivity contribution in [3.63, 3.8) is 0 Å². The molecule has 3 heteroatoms. The molecule has 3 rings (SSSR count). The van der Waals surface area contributed by atoms with Crippen LogP contribution < -0.4 is 0 Å². The van der Waals surface area contributed by atoms with E-state index in [2.05, 4.69) is 6.58 Å². The van der Waals surface area contributed by atoms with E-state index in [0.29, 0.717) is 12.5 Å². The topological polar surface area (TPSA) is 46.5 Å². The van der Waals surface area contributed by atoms with Crippen molar-refractivity contribution < 1.29 is 14.6 Å². The van der Waals surface area contributed by atoms with E-state index in [9.17, 15) is 9.90 Å². The van der Waals surface area contributed by atoms with Crippen LogP contribution in [0.2, 0.25) is 0 Å². The van der Waals surface area contributed by atoms with Crippen molar-refractivity contribution in [2.45, 2.75) is 52.1 Å². The fraction of sp³-hybridized carbons (Fsp3) is 0.800. The third kappa shape index (κ3) is 2.33. The lowest BCUT2D eigenvalue weighted by Gasteiger charge is -2.56. The molecule has 3 fully saturated rings. The molecule has 2 bridgehead atoms. The summed E-state index contributed by atoms with van der Waals surface area (Å²) in [5.74, 6) is 0.492. The van der Waals surface area contributed by atoms with Crippen LogP contribution in [0.1, 0.15) is 46.5 Å². The Labute approximate surface area is 109 Å². The number of ether oxygens (including phenoxy) is 1. The van der Waals surface area contributed by atoms with Gasteiger partial charge in [0.15, 0.2) is 0 Å². The predicted octanol–water partition coefficient (Wildman–Crippen LogP) is 2.68. The van der Waals surface area contributed by atoms with Crippen LogP contribution in [0.25, 0.3) is 0 Å². The number of carbonyl (C=O) groups excluding carboxylic acids is 1. The van der Waals surface area contributed by atoms with Crippen molar-refractivity contribution in [3.05, 3.63) is 12.2 Å². The first-order chi connectivity index (χ1) is 8.24. The first-order valence-corrected chi connectivity index (χ1v) is 6.78. The highest BCUT2D eigenvalue weighted by molar-refractivity contribution is 5.65. The Morgan fingerprint density at radius 2 is 2.28 bits per heavy atom. The first-order valence-electron chi connectivity index (χ1n) is 6.78. The van der Waals surface area contributed by atoms with Crippen LogP contribution in [0.15, 0.2) is 12.2 Å². The first kappa shape index (κ1) is 13.6. The van der Waals surface area contributed by atoms with E-state index in [0.717, 1.165) is 25.7 Å². The number of fused-ring (bicyclic) bond motifs is 3. The molecule has 0 unspecified atom stereocenters. The molecular formula is C15H24O3. The minimum Gasteiger partial charge on any atom is -0.465 e. The monoisotopic (exact) mass is 252 g/mol. The maximum absolute atomic E-state index is 11.1. The average molecular weight is 252 g/mol. The van der Waals surface area contributed by atoms with Gasteiger partial charge < -0.3 is 9.84 Å². The summed E-state index contributed by atoms with van der Waals surface area (Å²) in [6.45, 7) is 9.77. The number of carbonyl (C=O) groups is 1. The van der Waals surface area contributed by atoms with Crippen molar-refractivity contribution in [1.82, 2.24) is 0 Å². The average Bonchev–Trinajstić information content (AvgIpc) is 2.25. The van der Waals surface area contributed by atoms with Crippen molar-refractivity contribution in [1.29, 1.82) is 0 Å². The van der Waals surface area contributed by atoms with E-state index in [4.69, 9.17) is 4.74 Å². The molecule has 3 aliphatic rings. The highest BCUT2D eigenvalue weighted by atomic mass is 16.5. The molecule has 3 saturated carbocycles. The molecule has 0 aliphatic heterocycles. The van der Waals surface area contributed by atoms with Gasteiger partial charge in [-0.3, -0.25) is 4.79 Å². The summed E-state index contributed by atoms with van der Waals surface area (Å²) in [6, 6.07) is 0. The third-order valence-electron chi connectivity index (χ3n) is 4.82. The minimum absolute atomic E-state index is 0.101. The van der Waals surface area contributed by atoms with Gasteiger partial charge in [-0.1, -0.05) is 12.2 Å². The van der Waals surface area contributed by atoms with Gasteiger partial charge in [0.25, 0.3) is 0 Å². The molecule has 0 saturated heterocycles. The molecule has 0 amide bonds. The largest absolute Gasteiger partial charge is 0.465 e. The molecule has 3 aliphatic carbocycles. The van der Waals surface area contributed by atoms with E-state index < -0.39 is 5.60 Å². The Hall–Kier alpha value is -0.830. The summed E-state index contributed by atoms with van der Waals surface area (Å²) in [7, 11) is 0. The second-order valence-electron chi connectivity index (χ2n) is 6.66. The summed E-state index contributed by atoms with van der Waals surface area (Å²) in [5.41, 5.74) is 0.448. The summed E-state index contributed by atoms with van der Waals surface area (Å²) in [4.78, 5) is 11.1. The maximum atomic E-state index is 11.1. The zero-order valence-corrected chi connectivity index (χ0v) is 11.7. The molecule has 1 N–H and O–H groups in total. The van der Waals surface area contributed by atoms with Gasteiger partial charge in [0.05, 0.1) is 12.2 Å². The molecule has 102 valence electrons. The number of hydrogen-bond acceptors (Lipinski definition) is 3. The Morgan fingerprint density at radius 3 is 2.78 bits per heavy atom. The van der Waals surface area contributed by atoms with Crippen LogP contribution in [-0.2, 0) is 9.53 Å². The lowest BCUT2D eigenvalue weighted by molar-refractivity contribution is -0.159. The normalized spacial score (nSPS) is 35.7. The number of esters is 1. The van der Waals surface area contributed by atoms with Crippen LogP contribution >= 0.6 is 0 Å². The smallest absolute Gasteiger partial charge is 0.302 e. The van der Waals surface area contributed by atoms with Crippen molar-refractivity contribution >= 4 is 5.97 Å². The van der Waals surface area contributed by atoms with Gasteiger partial charge in [-0.25, -0.2) is 0 Å². The predicted molar refractivity (Wildman–Crippen MR) is 70.0 cm³/mol. The highest BCUT2D eigenvalue weighted by Gasteiger charge is 2.54. The number of aliphatic hydroxyl groups is 1. The van der Waals surface area contributed by atoms with E-state index >= 15 is 0 Å². The molecule has 0 heterocycles.